The first-order valence-electron chi connectivity index (χ1n) is 9.51. The molecule has 9 heteroatoms. The Hall–Kier alpha value is -3.15. The second-order valence-electron chi connectivity index (χ2n) is 6.76. The maximum Gasteiger partial charge on any atom is 0.160 e. The summed E-state index contributed by atoms with van der Waals surface area (Å²) < 4.78 is 0. The Labute approximate surface area is 181 Å². The van der Waals surface area contributed by atoms with Crippen molar-refractivity contribution in [1.82, 2.24) is 0 Å². The predicted octanol–water partition coefficient (Wildman–Crippen LogP) is 2.41. The molecule has 1 unspecified atom stereocenters. The van der Waals surface area contributed by atoms with Crippen LogP contribution in [-0.2, 0) is 4.79 Å². The summed E-state index contributed by atoms with van der Waals surface area (Å²) in [5, 5.41) is 26.6. The van der Waals surface area contributed by atoms with E-state index in [-0.39, 0.29) is 0 Å². The lowest BCUT2D eigenvalue weighted by molar-refractivity contribution is -0.802. The number of benzene rings is 2. The molecule has 1 N–H and O–H groups in total. The molecule has 0 aliphatic carbocycles. The van der Waals surface area contributed by atoms with Crippen LogP contribution in [-0.4, -0.2) is 40.3 Å². The van der Waals surface area contributed by atoms with Gasteiger partial charge in [-0.25, -0.2) is 0 Å². The number of nitrogens with zero attached hydrogens (tertiary/aromatic N) is 5. The van der Waals surface area contributed by atoms with E-state index in [4.69, 9.17) is 26.8 Å². The zero-order chi connectivity index (χ0) is 22.1. The van der Waals surface area contributed by atoms with Crippen molar-refractivity contribution in [2.24, 2.45) is 10.2 Å². The molecular formula is C21H25ClN6O2. The van der Waals surface area contributed by atoms with E-state index < -0.39 is 6.47 Å². The minimum absolute atomic E-state index is 0.500. The number of quaternary nitrogens is 1. The third-order valence-corrected chi connectivity index (χ3v) is 4.95. The van der Waals surface area contributed by atoms with E-state index in [1.54, 1.807) is 0 Å². The number of hydrogen-bond acceptors (Lipinski definition) is 7. The van der Waals surface area contributed by atoms with Crippen LogP contribution in [0, 0.1) is 11.3 Å². The average molecular weight is 429 g/mol. The molecule has 0 aromatic heterocycles. The fourth-order valence-corrected chi connectivity index (χ4v) is 3.62. The van der Waals surface area contributed by atoms with Gasteiger partial charge in [-0.05, 0) is 37.3 Å². The number of rotatable bonds is 6. The molecule has 1 aliphatic heterocycles. The lowest BCUT2D eigenvalue weighted by Crippen LogP contribution is -3.03. The number of carboxylic acid groups (broad SMARTS) is 1. The molecule has 1 aliphatic rings. The van der Waals surface area contributed by atoms with Crippen LogP contribution in [0.4, 0.5) is 28.4 Å². The van der Waals surface area contributed by atoms with Gasteiger partial charge in [0.15, 0.2) is 12.4 Å². The molecule has 0 bridgehead atoms. The normalized spacial score (nSPS) is 14.6. The fraction of sp³-hybridized carbons (Fsp3) is 0.333. The first-order valence-corrected chi connectivity index (χ1v) is 9.89. The number of halogens is 1. The van der Waals surface area contributed by atoms with Crippen LogP contribution in [0.3, 0.4) is 0 Å². The van der Waals surface area contributed by atoms with Crippen molar-refractivity contribution in [3.63, 3.8) is 0 Å². The van der Waals surface area contributed by atoms with Crippen LogP contribution < -0.4 is 19.8 Å². The molecular weight excluding hydrogens is 404 g/mol. The van der Waals surface area contributed by atoms with Gasteiger partial charge in [0.05, 0.1) is 25.2 Å². The first kappa shape index (κ1) is 23.1. The molecule has 30 heavy (non-hydrogen) atoms. The quantitative estimate of drug-likeness (QED) is 0.562. The smallest absolute Gasteiger partial charge is 0.160 e. The van der Waals surface area contributed by atoms with E-state index in [1.807, 2.05) is 36.4 Å². The monoisotopic (exact) mass is 428 g/mol. The highest BCUT2D eigenvalue weighted by molar-refractivity contribution is 6.31. The average Bonchev–Trinajstić information content (AvgIpc) is 3.01. The molecule has 158 valence electrons. The molecule has 2 aromatic carbocycles. The molecule has 0 fully saturated rings. The van der Waals surface area contributed by atoms with Gasteiger partial charge >= 0.3 is 0 Å². The van der Waals surface area contributed by atoms with Crippen molar-refractivity contribution in [2.75, 3.05) is 43.7 Å². The van der Waals surface area contributed by atoms with E-state index in [9.17, 15) is 0 Å². The topological polar surface area (TPSA) is 99.6 Å². The zero-order valence-corrected chi connectivity index (χ0v) is 18.1. The molecule has 8 nitrogen and oxygen atoms in total. The summed E-state index contributed by atoms with van der Waals surface area (Å²) in [6.07, 6.45) is 0.513. The molecule has 0 amide bonds. The molecule has 2 aromatic rings. The second-order valence-corrected chi connectivity index (χ2v) is 7.19. The Kier molecular flexibility index (Phi) is 8.59. The SMILES string of the molecule is CCN(CCC#N)c1ccc(N=Nc2cc(Cl)cc3c2N(C)C[NH+]3C)cc1.O=C[O-]. The number of azo groups is 1. The Bertz CT molecular complexity index is 926. The van der Waals surface area contributed by atoms with Crippen molar-refractivity contribution >= 4 is 46.5 Å². The van der Waals surface area contributed by atoms with Crippen LogP contribution in [0.2, 0.25) is 5.02 Å². The fourth-order valence-electron chi connectivity index (χ4n) is 3.40. The Morgan fingerprint density at radius 3 is 2.60 bits per heavy atom. The number of fused-ring (bicyclic) bond motifs is 1. The van der Waals surface area contributed by atoms with Gasteiger partial charge in [-0.15, -0.1) is 5.11 Å². The molecule has 0 saturated heterocycles. The van der Waals surface area contributed by atoms with Crippen molar-refractivity contribution in [3.8, 4) is 6.07 Å². The third kappa shape index (κ3) is 5.69. The first-order chi connectivity index (χ1) is 14.4. The van der Waals surface area contributed by atoms with Crippen LogP contribution in [0.25, 0.3) is 0 Å². The summed E-state index contributed by atoms with van der Waals surface area (Å²) in [5.41, 5.74) is 4.87. The minimum atomic E-state index is -0.500. The number of anilines is 2. The molecule has 0 spiro atoms. The van der Waals surface area contributed by atoms with Gasteiger partial charge in [0, 0.05) is 43.4 Å². The highest BCUT2D eigenvalue weighted by atomic mass is 35.5. The predicted molar refractivity (Wildman–Crippen MR) is 116 cm³/mol. The van der Waals surface area contributed by atoms with Gasteiger partial charge < -0.3 is 19.7 Å². The van der Waals surface area contributed by atoms with Crippen molar-refractivity contribution in [1.29, 1.82) is 5.26 Å². The largest absolute Gasteiger partial charge is 0.554 e. The summed E-state index contributed by atoms with van der Waals surface area (Å²) in [5.74, 6) is 0. The molecule has 0 saturated carbocycles. The van der Waals surface area contributed by atoms with E-state index in [2.05, 4.69) is 47.1 Å². The van der Waals surface area contributed by atoms with Gasteiger partial charge in [0.25, 0.3) is 0 Å². The Morgan fingerprint density at radius 2 is 2.00 bits per heavy atom. The van der Waals surface area contributed by atoms with Crippen molar-refractivity contribution < 1.29 is 14.8 Å². The molecule has 1 atom stereocenters. The maximum atomic E-state index is 8.78. The summed E-state index contributed by atoms with van der Waals surface area (Å²) in [6, 6.07) is 14.0. The van der Waals surface area contributed by atoms with E-state index >= 15 is 0 Å². The molecule has 1 heterocycles. The minimum Gasteiger partial charge on any atom is -0.554 e. The lowest BCUT2D eigenvalue weighted by Gasteiger charge is -2.21. The number of hydrogen-bond donors (Lipinski definition) is 1. The number of carbonyl (C=O) groups is 1. The Balaban J connectivity index is 0.00000101. The second kappa shape index (κ2) is 11.1. The van der Waals surface area contributed by atoms with Gasteiger partial charge in [0.2, 0.25) is 0 Å². The standard InChI is InChI=1S/C20H23ClN6.CH2O2/c1-4-27(11-5-10-22)17-8-6-16(7-9-17)23-24-18-12-15(21)13-19-20(18)26(3)14-25(19)2;2-1-3/h6-9,12-13H,4-5,11,14H2,1-3H3;1H,(H,2,3). The van der Waals surface area contributed by atoms with Gasteiger partial charge in [0.1, 0.15) is 11.4 Å². The van der Waals surface area contributed by atoms with Crippen LogP contribution in [0.15, 0.2) is 46.6 Å². The highest BCUT2D eigenvalue weighted by Gasteiger charge is 2.29. The molecule has 3 rings (SSSR count). The van der Waals surface area contributed by atoms with Gasteiger partial charge in [-0.3, -0.25) is 4.90 Å². The third-order valence-electron chi connectivity index (χ3n) is 4.73. The zero-order valence-electron chi connectivity index (χ0n) is 17.3. The van der Waals surface area contributed by atoms with Crippen molar-refractivity contribution in [2.45, 2.75) is 13.3 Å². The summed E-state index contributed by atoms with van der Waals surface area (Å²) in [7, 11) is 4.17. The van der Waals surface area contributed by atoms with Gasteiger partial charge in [-0.2, -0.15) is 10.4 Å². The van der Waals surface area contributed by atoms with Gasteiger partial charge in [-0.1, -0.05) is 11.6 Å². The maximum absolute atomic E-state index is 8.78. The van der Waals surface area contributed by atoms with E-state index in [0.29, 0.717) is 11.4 Å². The van der Waals surface area contributed by atoms with Crippen LogP contribution >= 0.6 is 11.6 Å². The van der Waals surface area contributed by atoms with Crippen LogP contribution in [0.5, 0.6) is 0 Å². The number of nitrogens with one attached hydrogen (secondary N) is 1. The van der Waals surface area contributed by atoms with E-state index in [0.717, 1.165) is 48.2 Å². The van der Waals surface area contributed by atoms with E-state index in [1.165, 1.54) is 4.90 Å². The number of nitriles is 1. The summed E-state index contributed by atoms with van der Waals surface area (Å²) in [6.45, 7) is 4.05. The number of carbonyl (C=O) groups excluding carboxylic acids is 1. The Morgan fingerprint density at radius 1 is 1.33 bits per heavy atom. The van der Waals surface area contributed by atoms with Crippen LogP contribution in [0.1, 0.15) is 13.3 Å². The molecule has 0 radical (unpaired) electrons. The highest BCUT2D eigenvalue weighted by Crippen LogP contribution is 2.39. The summed E-state index contributed by atoms with van der Waals surface area (Å²) in [4.78, 5) is 13.9. The lowest BCUT2D eigenvalue weighted by atomic mass is 10.2. The van der Waals surface area contributed by atoms with Crippen molar-refractivity contribution in [3.05, 3.63) is 41.4 Å². The summed E-state index contributed by atoms with van der Waals surface area (Å²) >= 11 is 6.27.